The number of nitrogens with zero attached hydrogens (tertiary/aromatic N) is 2. The minimum Gasteiger partial charge on any atom is -0.461 e. The number of carbonyl (C=O) groups is 1. The maximum absolute atomic E-state index is 13.1. The summed E-state index contributed by atoms with van der Waals surface area (Å²) in [6.07, 6.45) is 0.903. The number of esters is 1. The lowest BCUT2D eigenvalue weighted by Gasteiger charge is -2.16. The maximum Gasteiger partial charge on any atom is 0.356 e. The van der Waals surface area contributed by atoms with Gasteiger partial charge >= 0.3 is 5.97 Å². The SMILES string of the molecule is CCOC(=O)c1c2c(nn1Cc1cccc(C)c1)-c1[nH]c(=O)c(S(=O)(=O)c3ccccc3)cc1CC2. The number of benzene rings is 2. The van der Waals surface area contributed by atoms with E-state index < -0.39 is 21.4 Å². The highest BCUT2D eigenvalue weighted by molar-refractivity contribution is 7.91. The smallest absolute Gasteiger partial charge is 0.356 e. The van der Waals surface area contributed by atoms with Crippen LogP contribution in [-0.4, -0.2) is 35.8 Å². The first-order chi connectivity index (χ1) is 17.3. The van der Waals surface area contributed by atoms with Gasteiger partial charge in [-0.15, -0.1) is 0 Å². The topological polar surface area (TPSA) is 111 Å². The van der Waals surface area contributed by atoms with E-state index >= 15 is 0 Å². The highest BCUT2D eigenvalue weighted by atomic mass is 32.2. The molecular weight excluding hydrogens is 478 g/mol. The van der Waals surface area contributed by atoms with Crippen LogP contribution in [-0.2, 0) is 34.0 Å². The molecule has 184 valence electrons. The van der Waals surface area contributed by atoms with Crippen LogP contribution in [0.5, 0.6) is 0 Å². The lowest BCUT2D eigenvalue weighted by atomic mass is 9.92. The number of sulfone groups is 1. The van der Waals surface area contributed by atoms with Crippen molar-refractivity contribution in [1.82, 2.24) is 14.8 Å². The van der Waals surface area contributed by atoms with Crippen molar-refractivity contribution >= 4 is 15.8 Å². The summed E-state index contributed by atoms with van der Waals surface area (Å²) >= 11 is 0. The van der Waals surface area contributed by atoms with E-state index in [4.69, 9.17) is 9.84 Å². The van der Waals surface area contributed by atoms with Crippen molar-refractivity contribution in [2.75, 3.05) is 6.61 Å². The fourth-order valence-electron chi connectivity index (χ4n) is 4.61. The maximum atomic E-state index is 13.1. The average Bonchev–Trinajstić information content (AvgIpc) is 3.22. The third kappa shape index (κ3) is 4.15. The van der Waals surface area contributed by atoms with Crippen LogP contribution in [0.4, 0.5) is 0 Å². The quantitative estimate of drug-likeness (QED) is 0.402. The molecule has 0 radical (unpaired) electrons. The van der Waals surface area contributed by atoms with E-state index in [1.165, 1.54) is 18.2 Å². The van der Waals surface area contributed by atoms with E-state index in [0.717, 1.165) is 11.1 Å². The Bertz CT molecular complexity index is 1640. The lowest BCUT2D eigenvalue weighted by molar-refractivity contribution is 0.0511. The number of ether oxygens (including phenoxy) is 1. The standard InChI is InChI=1S/C27H25N3O5S/c1-3-35-27(32)25-21-13-12-19-15-22(36(33,34)20-10-5-4-6-11-20)26(31)28-23(19)24(21)29-30(25)16-18-9-7-8-17(2)14-18/h4-11,14-15H,3,12-13,16H2,1-2H3,(H,28,31). The van der Waals surface area contributed by atoms with Crippen LogP contribution in [0.3, 0.4) is 0 Å². The predicted molar refractivity (Wildman–Crippen MR) is 134 cm³/mol. The lowest BCUT2D eigenvalue weighted by Crippen LogP contribution is -2.21. The van der Waals surface area contributed by atoms with E-state index in [-0.39, 0.29) is 16.4 Å². The zero-order valence-corrected chi connectivity index (χ0v) is 20.8. The van der Waals surface area contributed by atoms with Gasteiger partial charge in [-0.25, -0.2) is 13.2 Å². The van der Waals surface area contributed by atoms with Gasteiger partial charge in [-0.1, -0.05) is 48.0 Å². The van der Waals surface area contributed by atoms with Crippen LogP contribution in [0.15, 0.2) is 75.2 Å². The van der Waals surface area contributed by atoms with Gasteiger partial charge in [0.05, 0.1) is 23.7 Å². The minimum atomic E-state index is -3.99. The third-order valence-corrected chi connectivity index (χ3v) is 8.02. The molecule has 1 aliphatic carbocycles. The van der Waals surface area contributed by atoms with Crippen molar-refractivity contribution in [1.29, 1.82) is 0 Å². The average molecular weight is 504 g/mol. The summed E-state index contributed by atoms with van der Waals surface area (Å²) in [6, 6.07) is 17.2. The van der Waals surface area contributed by atoms with Crippen LogP contribution in [0.25, 0.3) is 11.4 Å². The van der Waals surface area contributed by atoms with Gasteiger partial charge in [0.1, 0.15) is 10.6 Å². The predicted octanol–water partition coefficient (Wildman–Crippen LogP) is 3.70. The summed E-state index contributed by atoms with van der Waals surface area (Å²) in [7, 11) is -3.99. The molecule has 2 heterocycles. The van der Waals surface area contributed by atoms with E-state index in [1.807, 2.05) is 31.2 Å². The number of aryl methyl sites for hydroxylation is 2. The Balaban J connectivity index is 1.63. The summed E-state index contributed by atoms with van der Waals surface area (Å²) in [4.78, 5) is 28.5. The molecule has 2 aromatic carbocycles. The number of carbonyl (C=O) groups excluding carboxylic acids is 1. The first-order valence-corrected chi connectivity index (χ1v) is 13.2. The first-order valence-electron chi connectivity index (χ1n) is 11.7. The van der Waals surface area contributed by atoms with Gasteiger partial charge in [0.15, 0.2) is 5.69 Å². The Morgan fingerprint density at radius 3 is 2.58 bits per heavy atom. The zero-order chi connectivity index (χ0) is 25.4. The van der Waals surface area contributed by atoms with E-state index in [9.17, 15) is 18.0 Å². The molecule has 36 heavy (non-hydrogen) atoms. The second-order valence-electron chi connectivity index (χ2n) is 8.72. The molecule has 0 spiro atoms. The fraction of sp³-hybridized carbons (Fsp3) is 0.222. The number of fused-ring (bicyclic) bond motifs is 3. The van der Waals surface area contributed by atoms with Gasteiger partial charge in [-0.3, -0.25) is 9.48 Å². The highest BCUT2D eigenvalue weighted by Gasteiger charge is 2.32. The van der Waals surface area contributed by atoms with Gasteiger partial charge in [0.2, 0.25) is 9.84 Å². The number of hydrogen-bond donors (Lipinski definition) is 1. The zero-order valence-electron chi connectivity index (χ0n) is 19.9. The number of pyridine rings is 1. The normalized spacial score (nSPS) is 12.6. The molecule has 0 bridgehead atoms. The van der Waals surface area contributed by atoms with Crippen LogP contribution in [0.1, 0.15) is 39.7 Å². The molecule has 1 N–H and O–H groups in total. The third-order valence-electron chi connectivity index (χ3n) is 6.25. The molecule has 0 saturated carbocycles. The monoisotopic (exact) mass is 503 g/mol. The molecule has 0 amide bonds. The Hall–Kier alpha value is -3.98. The van der Waals surface area contributed by atoms with Gasteiger partial charge in [0.25, 0.3) is 5.56 Å². The Kier molecular flexibility index (Phi) is 6.09. The molecule has 9 heteroatoms. The Labute approximate surface area is 208 Å². The van der Waals surface area contributed by atoms with Crippen molar-refractivity contribution in [2.24, 2.45) is 0 Å². The molecule has 1 aliphatic rings. The number of H-pyrrole nitrogens is 1. The number of hydrogen-bond acceptors (Lipinski definition) is 6. The molecule has 0 atom stereocenters. The molecule has 0 aliphatic heterocycles. The van der Waals surface area contributed by atoms with Crippen molar-refractivity contribution in [3.05, 3.63) is 99.0 Å². The molecule has 2 aromatic heterocycles. The molecule has 0 unspecified atom stereocenters. The first kappa shape index (κ1) is 23.7. The van der Waals surface area contributed by atoms with Crippen molar-refractivity contribution in [3.8, 4) is 11.4 Å². The minimum absolute atomic E-state index is 0.0546. The second kappa shape index (κ2) is 9.23. The van der Waals surface area contributed by atoms with Crippen molar-refractivity contribution in [2.45, 2.75) is 43.0 Å². The molecular formula is C27H25N3O5S. The number of nitrogens with one attached hydrogen (secondary N) is 1. The summed E-state index contributed by atoms with van der Waals surface area (Å²) < 4.78 is 33.2. The van der Waals surface area contributed by atoms with Gasteiger partial charge < -0.3 is 9.72 Å². The van der Waals surface area contributed by atoms with E-state index in [2.05, 4.69) is 4.98 Å². The summed E-state index contributed by atoms with van der Waals surface area (Å²) in [6.45, 7) is 4.30. The number of aromatic amines is 1. The largest absolute Gasteiger partial charge is 0.461 e. The summed E-state index contributed by atoms with van der Waals surface area (Å²) in [5, 5.41) is 4.71. The van der Waals surface area contributed by atoms with Gasteiger partial charge in [-0.05, 0) is 56.0 Å². The number of aromatic nitrogens is 3. The van der Waals surface area contributed by atoms with E-state index in [1.54, 1.807) is 29.8 Å². The Morgan fingerprint density at radius 2 is 1.86 bits per heavy atom. The molecule has 0 fully saturated rings. The molecule has 4 aromatic rings. The Morgan fingerprint density at radius 1 is 1.08 bits per heavy atom. The molecule has 5 rings (SSSR count). The van der Waals surface area contributed by atoms with Crippen molar-refractivity contribution in [3.63, 3.8) is 0 Å². The highest BCUT2D eigenvalue weighted by Crippen LogP contribution is 2.34. The summed E-state index contributed by atoms with van der Waals surface area (Å²) in [5.41, 5.74) is 3.92. The van der Waals surface area contributed by atoms with Gasteiger partial charge in [-0.2, -0.15) is 5.10 Å². The van der Waals surface area contributed by atoms with Gasteiger partial charge in [0, 0.05) is 5.56 Å². The number of rotatable bonds is 6. The van der Waals surface area contributed by atoms with Crippen LogP contribution in [0, 0.1) is 6.92 Å². The van der Waals surface area contributed by atoms with Crippen LogP contribution in [0.2, 0.25) is 0 Å². The second-order valence-corrected chi connectivity index (χ2v) is 10.6. The molecule has 0 saturated heterocycles. The summed E-state index contributed by atoms with van der Waals surface area (Å²) in [5.74, 6) is -0.479. The van der Waals surface area contributed by atoms with Crippen molar-refractivity contribution < 1.29 is 17.9 Å². The molecule has 8 nitrogen and oxygen atoms in total. The van der Waals surface area contributed by atoms with E-state index in [0.29, 0.717) is 47.6 Å². The fourth-order valence-corrected chi connectivity index (χ4v) is 5.97. The van der Waals surface area contributed by atoms with Crippen LogP contribution < -0.4 is 5.56 Å². The van der Waals surface area contributed by atoms with Crippen LogP contribution >= 0.6 is 0 Å².